The first kappa shape index (κ1) is 24.4. The standard InChI is InChI=1S/C27H29NO7/c1-6-9-34-27(32)21-15(4)28-18-11-14(3)20(26(31)33-5)25(30)23(18)22(21)17-12-35-19-8-7-13(2)10-16(19)24(17)29/h7-8,10,12,14,20,22,28H,6,9,11H2,1-5H3/t14-,20+,22-/m1/s1. The molecule has 0 unspecified atom stereocenters. The summed E-state index contributed by atoms with van der Waals surface area (Å²) in [6.45, 7) is 7.45. The Kier molecular flexibility index (Phi) is 6.65. The lowest BCUT2D eigenvalue weighted by atomic mass is 9.69. The number of benzene rings is 1. The number of fused-ring (bicyclic) bond motifs is 1. The highest BCUT2D eigenvalue weighted by Crippen LogP contribution is 2.45. The summed E-state index contributed by atoms with van der Waals surface area (Å²) >= 11 is 0. The topological polar surface area (TPSA) is 112 Å². The molecule has 0 radical (unpaired) electrons. The van der Waals surface area contributed by atoms with Gasteiger partial charge in [-0.15, -0.1) is 0 Å². The summed E-state index contributed by atoms with van der Waals surface area (Å²) in [7, 11) is 1.24. The number of aryl methyl sites for hydroxylation is 1. The van der Waals surface area contributed by atoms with E-state index in [1.165, 1.54) is 13.4 Å². The minimum absolute atomic E-state index is 0.145. The van der Waals surface area contributed by atoms with Gasteiger partial charge in [0.2, 0.25) is 0 Å². The van der Waals surface area contributed by atoms with Crippen molar-refractivity contribution in [3.8, 4) is 0 Å². The minimum Gasteiger partial charge on any atom is -0.468 e. The number of ketones is 1. The summed E-state index contributed by atoms with van der Waals surface area (Å²) in [5.41, 5.74) is 2.51. The number of esters is 2. The molecule has 1 aliphatic carbocycles. The van der Waals surface area contributed by atoms with E-state index >= 15 is 0 Å². The second-order valence-electron chi connectivity index (χ2n) is 9.19. The maximum absolute atomic E-state index is 13.8. The van der Waals surface area contributed by atoms with Gasteiger partial charge in [0, 0.05) is 22.5 Å². The average molecular weight is 480 g/mol. The molecule has 1 N–H and O–H groups in total. The van der Waals surface area contributed by atoms with E-state index in [2.05, 4.69) is 5.32 Å². The number of Topliss-reactive ketones (excluding diaryl/α,β-unsaturated/α-hetero) is 1. The predicted molar refractivity (Wildman–Crippen MR) is 128 cm³/mol. The van der Waals surface area contributed by atoms with Gasteiger partial charge in [0.05, 0.1) is 36.9 Å². The minimum atomic E-state index is -1.04. The van der Waals surface area contributed by atoms with Gasteiger partial charge in [-0.25, -0.2) is 4.79 Å². The van der Waals surface area contributed by atoms with Crippen LogP contribution in [-0.2, 0) is 23.9 Å². The number of hydrogen-bond donors (Lipinski definition) is 1. The molecule has 3 atom stereocenters. The smallest absolute Gasteiger partial charge is 0.336 e. The Morgan fingerprint density at radius 3 is 2.63 bits per heavy atom. The SMILES string of the molecule is CCCOC(=O)C1=C(C)NC2=C(C(=O)[C@@H](C(=O)OC)[C@H](C)C2)[C@@H]1c1coc2ccc(C)cc2c1=O. The molecule has 0 amide bonds. The van der Waals surface area contributed by atoms with Crippen molar-refractivity contribution in [3.05, 3.63) is 68.4 Å². The molecular formula is C27H29NO7. The molecule has 0 saturated carbocycles. The van der Waals surface area contributed by atoms with Crippen LogP contribution in [-0.4, -0.2) is 31.4 Å². The number of rotatable bonds is 5. The molecule has 4 rings (SSSR count). The second kappa shape index (κ2) is 9.52. The lowest BCUT2D eigenvalue weighted by Gasteiger charge is -2.37. The van der Waals surface area contributed by atoms with Crippen LogP contribution in [0.25, 0.3) is 11.0 Å². The molecular weight excluding hydrogens is 450 g/mol. The van der Waals surface area contributed by atoms with Crippen LogP contribution in [0.3, 0.4) is 0 Å². The van der Waals surface area contributed by atoms with Crippen LogP contribution in [0.5, 0.6) is 0 Å². The summed E-state index contributed by atoms with van der Waals surface area (Å²) in [5.74, 6) is -4.14. The lowest BCUT2D eigenvalue weighted by Crippen LogP contribution is -2.44. The fourth-order valence-electron chi connectivity index (χ4n) is 4.99. The molecule has 184 valence electrons. The Labute approximate surface area is 203 Å². The highest BCUT2D eigenvalue weighted by Gasteiger charge is 2.48. The van der Waals surface area contributed by atoms with E-state index in [0.29, 0.717) is 35.2 Å². The Hall–Kier alpha value is -3.68. The van der Waals surface area contributed by atoms with Gasteiger partial charge >= 0.3 is 11.9 Å². The molecule has 1 aliphatic heterocycles. The highest BCUT2D eigenvalue weighted by atomic mass is 16.5. The maximum Gasteiger partial charge on any atom is 0.336 e. The highest BCUT2D eigenvalue weighted by molar-refractivity contribution is 6.12. The van der Waals surface area contributed by atoms with Crippen LogP contribution in [0.2, 0.25) is 0 Å². The summed E-state index contributed by atoms with van der Waals surface area (Å²) in [6.07, 6.45) is 2.30. The Balaban J connectivity index is 1.97. The van der Waals surface area contributed by atoms with Crippen LogP contribution in [0.15, 0.2) is 56.2 Å². The van der Waals surface area contributed by atoms with Crippen molar-refractivity contribution in [1.82, 2.24) is 5.32 Å². The third kappa shape index (κ3) is 4.17. The molecule has 0 bridgehead atoms. The fourth-order valence-corrected chi connectivity index (χ4v) is 4.99. The van der Waals surface area contributed by atoms with Crippen molar-refractivity contribution in [2.45, 2.75) is 46.5 Å². The van der Waals surface area contributed by atoms with Crippen LogP contribution >= 0.6 is 0 Å². The molecule has 2 heterocycles. The van der Waals surface area contributed by atoms with E-state index in [-0.39, 0.29) is 34.7 Å². The van der Waals surface area contributed by atoms with Crippen molar-refractivity contribution in [3.63, 3.8) is 0 Å². The third-order valence-corrected chi connectivity index (χ3v) is 6.67. The summed E-state index contributed by atoms with van der Waals surface area (Å²) in [5, 5.41) is 3.53. The zero-order valence-electron chi connectivity index (χ0n) is 20.5. The van der Waals surface area contributed by atoms with E-state index < -0.39 is 29.6 Å². The van der Waals surface area contributed by atoms with Gasteiger partial charge in [0.1, 0.15) is 11.5 Å². The molecule has 8 heteroatoms. The van der Waals surface area contributed by atoms with Gasteiger partial charge in [-0.05, 0) is 44.7 Å². The van der Waals surface area contributed by atoms with E-state index in [9.17, 15) is 19.2 Å². The van der Waals surface area contributed by atoms with Gasteiger partial charge in [-0.3, -0.25) is 14.4 Å². The molecule has 1 aromatic carbocycles. The summed E-state index contributed by atoms with van der Waals surface area (Å²) in [4.78, 5) is 53.2. The molecule has 8 nitrogen and oxygen atoms in total. The summed E-state index contributed by atoms with van der Waals surface area (Å²) in [6, 6.07) is 5.26. The van der Waals surface area contributed by atoms with Crippen molar-refractivity contribution >= 4 is 28.7 Å². The number of hydrogen-bond acceptors (Lipinski definition) is 8. The van der Waals surface area contributed by atoms with E-state index in [1.54, 1.807) is 26.0 Å². The van der Waals surface area contributed by atoms with Crippen molar-refractivity contribution in [2.75, 3.05) is 13.7 Å². The Bertz CT molecular complexity index is 1350. The van der Waals surface area contributed by atoms with Crippen LogP contribution in [0, 0.1) is 18.8 Å². The van der Waals surface area contributed by atoms with Gasteiger partial charge < -0.3 is 19.2 Å². The van der Waals surface area contributed by atoms with E-state index in [1.807, 2.05) is 19.9 Å². The fraction of sp³-hybridized carbons (Fsp3) is 0.407. The first-order valence-corrected chi connectivity index (χ1v) is 11.7. The predicted octanol–water partition coefficient (Wildman–Crippen LogP) is 3.67. The Morgan fingerprint density at radius 1 is 1.20 bits per heavy atom. The van der Waals surface area contributed by atoms with Crippen LogP contribution in [0.4, 0.5) is 0 Å². The first-order valence-electron chi connectivity index (χ1n) is 11.7. The molecule has 0 spiro atoms. The van der Waals surface area contributed by atoms with Crippen molar-refractivity contribution in [2.24, 2.45) is 11.8 Å². The maximum atomic E-state index is 13.8. The zero-order valence-corrected chi connectivity index (χ0v) is 20.5. The monoisotopic (exact) mass is 479 g/mol. The molecule has 0 fully saturated rings. The van der Waals surface area contributed by atoms with Crippen molar-refractivity contribution in [1.29, 1.82) is 0 Å². The van der Waals surface area contributed by atoms with Crippen LogP contribution < -0.4 is 10.7 Å². The molecule has 35 heavy (non-hydrogen) atoms. The number of carbonyl (C=O) groups is 3. The van der Waals surface area contributed by atoms with E-state index in [0.717, 1.165) is 5.56 Å². The largest absolute Gasteiger partial charge is 0.468 e. The van der Waals surface area contributed by atoms with Crippen LogP contribution in [0.1, 0.15) is 50.7 Å². The second-order valence-corrected chi connectivity index (χ2v) is 9.19. The van der Waals surface area contributed by atoms with E-state index in [4.69, 9.17) is 13.9 Å². The number of carbonyl (C=O) groups excluding carboxylic acids is 3. The average Bonchev–Trinajstić information content (AvgIpc) is 2.82. The first-order chi connectivity index (χ1) is 16.7. The van der Waals surface area contributed by atoms with Gasteiger partial charge in [0.15, 0.2) is 11.2 Å². The zero-order chi connectivity index (χ0) is 25.4. The lowest BCUT2D eigenvalue weighted by molar-refractivity contribution is -0.151. The van der Waals surface area contributed by atoms with Crippen molar-refractivity contribution < 1.29 is 28.3 Å². The number of methoxy groups -OCH3 is 1. The molecule has 2 aliphatic rings. The normalized spacial score (nSPS) is 22.1. The van der Waals surface area contributed by atoms with Gasteiger partial charge in [-0.1, -0.05) is 25.5 Å². The Morgan fingerprint density at radius 2 is 1.94 bits per heavy atom. The number of nitrogens with one attached hydrogen (secondary N) is 1. The quantitative estimate of drug-likeness (QED) is 0.511. The third-order valence-electron chi connectivity index (χ3n) is 6.67. The summed E-state index contributed by atoms with van der Waals surface area (Å²) < 4.78 is 16.1. The molecule has 0 saturated heterocycles. The number of ether oxygens (including phenoxy) is 2. The number of allylic oxidation sites excluding steroid dienone is 3. The number of dihydropyridines is 1. The van der Waals surface area contributed by atoms with Gasteiger partial charge in [-0.2, -0.15) is 0 Å². The molecule has 1 aromatic heterocycles. The molecule has 2 aromatic rings. The van der Waals surface area contributed by atoms with Gasteiger partial charge in [0.25, 0.3) is 0 Å².